The number of halogens is 2. The van der Waals surface area contributed by atoms with Crippen molar-refractivity contribution in [3.05, 3.63) is 94.1 Å². The van der Waals surface area contributed by atoms with Crippen molar-refractivity contribution in [3.8, 4) is 28.4 Å². The van der Waals surface area contributed by atoms with Crippen molar-refractivity contribution in [2.24, 2.45) is 0 Å². The van der Waals surface area contributed by atoms with Crippen molar-refractivity contribution >= 4 is 35.1 Å². The van der Waals surface area contributed by atoms with E-state index in [1.165, 1.54) is 37.7 Å². The molecule has 1 aliphatic carbocycles. The van der Waals surface area contributed by atoms with Gasteiger partial charge >= 0.3 is 5.97 Å². The van der Waals surface area contributed by atoms with E-state index in [2.05, 4.69) is 29.6 Å². The van der Waals surface area contributed by atoms with E-state index >= 15 is 0 Å². The Hall–Kier alpha value is -3.81. The molecule has 1 aliphatic rings. The average molecular weight is 578 g/mol. The number of hydrogen-bond acceptors (Lipinski definition) is 4. The molecule has 0 saturated heterocycles. The number of carbonyl (C=O) groups is 2. The third kappa shape index (κ3) is 6.84. The highest BCUT2D eigenvalue weighted by Crippen LogP contribution is 2.37. The van der Waals surface area contributed by atoms with Gasteiger partial charge in [0.05, 0.1) is 17.7 Å². The van der Waals surface area contributed by atoms with Crippen molar-refractivity contribution in [2.45, 2.75) is 44.4 Å². The summed E-state index contributed by atoms with van der Waals surface area (Å²) in [5.41, 5.74) is 4.21. The number of carboxylic acids is 1. The smallest absolute Gasteiger partial charge is 0.305 e. The fourth-order valence-corrected chi connectivity index (χ4v) is 5.49. The Morgan fingerprint density at radius 3 is 2.27 bits per heavy atom. The van der Waals surface area contributed by atoms with E-state index in [1.54, 1.807) is 47.1 Å². The number of rotatable bonds is 9. The highest BCUT2D eigenvalue weighted by Gasteiger charge is 2.18. The maximum atomic E-state index is 12.3. The first-order valence-electron chi connectivity index (χ1n) is 13.3. The maximum Gasteiger partial charge on any atom is 0.305 e. The van der Waals surface area contributed by atoms with Crippen molar-refractivity contribution in [1.29, 1.82) is 0 Å². The predicted octanol–water partition coefficient (Wildman–Crippen LogP) is 7.89. The van der Waals surface area contributed by atoms with E-state index in [0.717, 1.165) is 11.1 Å². The van der Waals surface area contributed by atoms with Crippen LogP contribution in [0.1, 0.15) is 60.4 Å². The Bertz CT molecular complexity index is 1470. The van der Waals surface area contributed by atoms with Crippen LogP contribution in [0, 0.1) is 0 Å². The topological polar surface area (TPSA) is 93.5 Å². The molecular formula is C31H29Cl2N3O4. The quantitative estimate of drug-likeness (QED) is 0.211. The van der Waals surface area contributed by atoms with E-state index in [0.29, 0.717) is 38.8 Å². The maximum absolute atomic E-state index is 12.3. The summed E-state index contributed by atoms with van der Waals surface area (Å²) in [5, 5.41) is 17.1. The Morgan fingerprint density at radius 1 is 0.950 bits per heavy atom. The Morgan fingerprint density at radius 2 is 1.62 bits per heavy atom. The molecule has 4 aromatic rings. The predicted molar refractivity (Wildman–Crippen MR) is 156 cm³/mol. The van der Waals surface area contributed by atoms with Crippen LogP contribution in [0.25, 0.3) is 16.8 Å². The van der Waals surface area contributed by atoms with Crippen LogP contribution in [0.15, 0.2) is 72.9 Å². The number of nitrogens with one attached hydrogen (secondary N) is 1. The zero-order valence-electron chi connectivity index (χ0n) is 21.8. The van der Waals surface area contributed by atoms with Gasteiger partial charge in [0.1, 0.15) is 5.75 Å². The van der Waals surface area contributed by atoms with Crippen LogP contribution < -0.4 is 10.1 Å². The van der Waals surface area contributed by atoms with Crippen molar-refractivity contribution in [1.82, 2.24) is 15.1 Å². The molecule has 0 spiro atoms. The van der Waals surface area contributed by atoms with Crippen LogP contribution in [0.3, 0.4) is 0 Å². The van der Waals surface area contributed by atoms with Gasteiger partial charge in [0.25, 0.3) is 5.91 Å². The molecule has 2 N–H and O–H groups in total. The molecule has 1 aromatic heterocycles. The molecule has 5 rings (SSSR count). The number of ether oxygens (including phenoxy) is 1. The lowest BCUT2D eigenvalue weighted by molar-refractivity contribution is -0.136. The first-order chi connectivity index (χ1) is 19.4. The molecule has 0 radical (unpaired) electrons. The third-order valence-corrected chi connectivity index (χ3v) is 7.48. The monoisotopic (exact) mass is 577 g/mol. The van der Waals surface area contributed by atoms with Crippen molar-refractivity contribution < 1.29 is 19.4 Å². The van der Waals surface area contributed by atoms with Gasteiger partial charge in [-0.2, -0.15) is 0 Å². The minimum atomic E-state index is -0.969. The molecule has 206 valence electrons. The lowest BCUT2D eigenvalue weighted by atomic mass is 9.84. The van der Waals surface area contributed by atoms with Crippen LogP contribution in [0.2, 0.25) is 10.0 Å². The number of benzene rings is 3. The summed E-state index contributed by atoms with van der Waals surface area (Å²) < 4.78 is 7.90. The van der Waals surface area contributed by atoms with E-state index in [1.807, 2.05) is 6.20 Å². The summed E-state index contributed by atoms with van der Waals surface area (Å²) in [6.07, 6.45) is 8.08. The van der Waals surface area contributed by atoms with E-state index in [4.69, 9.17) is 38.1 Å². The number of aromatic nitrogens is 2. The number of aliphatic carboxylic acids is 1. The summed E-state index contributed by atoms with van der Waals surface area (Å²) in [6, 6.07) is 20.4. The fraction of sp³-hybridized carbons (Fsp3) is 0.258. The van der Waals surface area contributed by atoms with Gasteiger partial charge in [0.2, 0.25) is 5.88 Å². The van der Waals surface area contributed by atoms with Gasteiger partial charge in [0.15, 0.2) is 0 Å². The molecule has 1 saturated carbocycles. The second-order valence-corrected chi connectivity index (χ2v) is 10.8. The van der Waals surface area contributed by atoms with Crippen LogP contribution in [-0.2, 0) is 4.79 Å². The average Bonchev–Trinajstić information content (AvgIpc) is 3.37. The molecule has 40 heavy (non-hydrogen) atoms. The first-order valence-corrected chi connectivity index (χ1v) is 14.1. The Labute approximate surface area is 242 Å². The lowest BCUT2D eigenvalue weighted by Crippen LogP contribution is -2.25. The largest absolute Gasteiger partial charge is 0.481 e. The molecule has 1 amide bonds. The fourth-order valence-electron chi connectivity index (χ4n) is 4.98. The first kappa shape index (κ1) is 27.7. The molecule has 9 heteroatoms. The molecule has 1 heterocycles. The Kier molecular flexibility index (Phi) is 8.72. The van der Waals surface area contributed by atoms with Crippen LogP contribution >= 0.6 is 23.2 Å². The number of hydrogen-bond donors (Lipinski definition) is 2. The summed E-state index contributed by atoms with van der Waals surface area (Å²) in [7, 11) is 0. The minimum absolute atomic E-state index is 0.0558. The summed E-state index contributed by atoms with van der Waals surface area (Å²) >= 11 is 12.5. The number of carbonyl (C=O) groups excluding carboxylic acids is 1. The Balaban J connectivity index is 1.41. The van der Waals surface area contributed by atoms with Gasteiger partial charge in [-0.05, 0) is 72.4 Å². The van der Waals surface area contributed by atoms with Gasteiger partial charge < -0.3 is 15.2 Å². The van der Waals surface area contributed by atoms with Gasteiger partial charge in [-0.25, -0.2) is 4.68 Å². The zero-order valence-corrected chi connectivity index (χ0v) is 23.3. The van der Waals surface area contributed by atoms with Gasteiger partial charge in [-0.3, -0.25) is 9.59 Å². The summed E-state index contributed by atoms with van der Waals surface area (Å²) in [5.74, 6) is 0.169. The van der Waals surface area contributed by atoms with Crippen molar-refractivity contribution in [3.63, 3.8) is 0 Å². The van der Waals surface area contributed by atoms with Crippen LogP contribution in [0.5, 0.6) is 11.6 Å². The van der Waals surface area contributed by atoms with Crippen molar-refractivity contribution in [2.75, 3.05) is 6.54 Å². The summed E-state index contributed by atoms with van der Waals surface area (Å²) in [6.45, 7) is 0.0558. The summed E-state index contributed by atoms with van der Waals surface area (Å²) in [4.78, 5) is 23.0. The van der Waals surface area contributed by atoms with Gasteiger partial charge in [-0.15, -0.1) is 5.10 Å². The van der Waals surface area contributed by atoms with E-state index in [9.17, 15) is 9.59 Å². The van der Waals surface area contributed by atoms with Crippen LogP contribution in [0.4, 0.5) is 0 Å². The second-order valence-electron chi connectivity index (χ2n) is 9.90. The number of amides is 1. The van der Waals surface area contributed by atoms with Crippen LogP contribution in [-0.4, -0.2) is 33.3 Å². The highest BCUT2D eigenvalue weighted by molar-refractivity contribution is 6.34. The van der Waals surface area contributed by atoms with E-state index < -0.39 is 5.97 Å². The SMILES string of the molecule is O=C(O)CCNC(=O)c1ccc(Oc2nn(-c3cc(Cl)cc(Cl)c3)cc2-c2ccc(C3CCCCC3)cc2)cc1. The zero-order chi connectivity index (χ0) is 28.1. The molecule has 7 nitrogen and oxygen atoms in total. The van der Waals surface area contributed by atoms with Gasteiger partial charge in [0, 0.05) is 28.4 Å². The third-order valence-electron chi connectivity index (χ3n) is 7.05. The molecule has 1 fully saturated rings. The standard InChI is InChI=1S/C31H29Cl2N3O4/c32-24-16-25(33)18-26(17-24)36-19-28(22-8-6-21(7-9-22)20-4-2-1-3-5-20)31(35-36)40-27-12-10-23(11-13-27)30(39)34-15-14-29(37)38/h6-13,16-20H,1-5,14-15H2,(H,34,39)(H,37,38). The second kappa shape index (κ2) is 12.6. The van der Waals surface area contributed by atoms with E-state index in [-0.39, 0.29) is 18.9 Å². The molecule has 0 unspecified atom stereocenters. The molecular weight excluding hydrogens is 549 g/mol. The van der Waals surface area contributed by atoms with Gasteiger partial charge in [-0.1, -0.05) is 66.7 Å². The minimum Gasteiger partial charge on any atom is -0.481 e. The molecule has 0 aliphatic heterocycles. The highest BCUT2D eigenvalue weighted by atomic mass is 35.5. The number of carboxylic acid groups (broad SMARTS) is 1. The molecule has 0 atom stereocenters. The lowest BCUT2D eigenvalue weighted by Gasteiger charge is -2.22. The molecule has 0 bridgehead atoms. The number of nitrogens with zero attached hydrogens (tertiary/aromatic N) is 2. The normalized spacial score (nSPS) is 13.7. The molecule has 3 aromatic carbocycles.